The van der Waals surface area contributed by atoms with Gasteiger partial charge in [0.25, 0.3) is 0 Å². The zero-order valence-corrected chi connectivity index (χ0v) is 13.0. The number of aromatic nitrogens is 2. The second-order valence-corrected chi connectivity index (χ2v) is 4.59. The van der Waals surface area contributed by atoms with Crippen LogP contribution in [0.25, 0.3) is 0 Å². The van der Waals surface area contributed by atoms with E-state index in [2.05, 4.69) is 9.97 Å². The van der Waals surface area contributed by atoms with Crippen LogP contribution in [-0.2, 0) is 17.6 Å². The third-order valence-corrected chi connectivity index (χ3v) is 2.95. The molecule has 0 bridgehead atoms. The van der Waals surface area contributed by atoms with E-state index >= 15 is 0 Å². The Morgan fingerprint density at radius 3 is 2.50 bits per heavy atom. The van der Waals surface area contributed by atoms with Crippen molar-refractivity contribution >= 4 is 42.2 Å². The van der Waals surface area contributed by atoms with Crippen LogP contribution < -0.4 is 5.73 Å². The quantitative estimate of drug-likeness (QED) is 0.881. The monoisotopic (exact) mass is 335 g/mol. The lowest BCUT2D eigenvalue weighted by molar-refractivity contribution is -0.119. The first-order chi connectivity index (χ1) is 8.65. The van der Waals surface area contributed by atoms with Gasteiger partial charge in [-0.1, -0.05) is 23.7 Å². The van der Waals surface area contributed by atoms with Crippen molar-refractivity contribution in [2.75, 3.05) is 0 Å². The van der Waals surface area contributed by atoms with Gasteiger partial charge in [0.05, 0.1) is 12.4 Å². The van der Waals surface area contributed by atoms with Gasteiger partial charge in [0.15, 0.2) is 5.78 Å². The van der Waals surface area contributed by atoms with E-state index in [4.69, 9.17) is 17.3 Å². The number of hydrogen-bond acceptors (Lipinski definition) is 3. The maximum Gasteiger partial charge on any atom is 0.154 e. The van der Waals surface area contributed by atoms with Crippen molar-refractivity contribution in [2.24, 2.45) is 5.73 Å². The number of halogens is 3. The van der Waals surface area contributed by atoms with E-state index in [0.717, 1.165) is 11.3 Å². The minimum absolute atomic E-state index is 0. The number of nitrogens with zero attached hydrogens (tertiary/aromatic N) is 1. The molecule has 2 rings (SSSR count). The topological polar surface area (TPSA) is 71.8 Å². The van der Waals surface area contributed by atoms with Gasteiger partial charge >= 0.3 is 0 Å². The molecule has 1 aromatic carbocycles. The zero-order chi connectivity index (χ0) is 13.0. The molecule has 0 fully saturated rings. The van der Waals surface area contributed by atoms with Crippen molar-refractivity contribution in [2.45, 2.75) is 18.9 Å². The van der Waals surface area contributed by atoms with Crippen molar-refractivity contribution in [3.63, 3.8) is 0 Å². The van der Waals surface area contributed by atoms with Crippen LogP contribution in [0.4, 0.5) is 0 Å². The second kappa shape index (κ2) is 8.97. The summed E-state index contributed by atoms with van der Waals surface area (Å²) in [7, 11) is 0. The number of aromatic amines is 1. The number of imidazole rings is 1. The van der Waals surface area contributed by atoms with Crippen LogP contribution in [0, 0.1) is 0 Å². The molecule has 0 amide bonds. The van der Waals surface area contributed by atoms with E-state index in [0.29, 0.717) is 17.9 Å². The number of nitrogens with two attached hydrogens (primary N) is 1. The van der Waals surface area contributed by atoms with Gasteiger partial charge in [-0.3, -0.25) is 4.79 Å². The minimum Gasteiger partial charge on any atom is -0.348 e. The molecular weight excluding hydrogens is 321 g/mol. The fourth-order valence-corrected chi connectivity index (χ4v) is 1.81. The summed E-state index contributed by atoms with van der Waals surface area (Å²) in [6.45, 7) is 0. The van der Waals surface area contributed by atoms with Crippen LogP contribution in [0.1, 0.15) is 11.3 Å². The Bertz CT molecular complexity index is 514. The highest BCUT2D eigenvalue weighted by Crippen LogP contribution is 2.11. The third-order valence-electron chi connectivity index (χ3n) is 2.70. The molecule has 1 aromatic heterocycles. The van der Waals surface area contributed by atoms with Crippen LogP contribution in [0.3, 0.4) is 0 Å². The first-order valence-electron chi connectivity index (χ1n) is 5.65. The van der Waals surface area contributed by atoms with Crippen LogP contribution in [-0.4, -0.2) is 21.8 Å². The number of hydrogen-bond donors (Lipinski definition) is 2. The average Bonchev–Trinajstić information content (AvgIpc) is 2.85. The molecule has 7 heteroatoms. The zero-order valence-electron chi connectivity index (χ0n) is 10.6. The van der Waals surface area contributed by atoms with Gasteiger partial charge in [0.2, 0.25) is 0 Å². The van der Waals surface area contributed by atoms with E-state index in [9.17, 15) is 4.79 Å². The Morgan fingerprint density at radius 1 is 1.30 bits per heavy atom. The van der Waals surface area contributed by atoms with E-state index in [1.807, 2.05) is 12.1 Å². The molecule has 4 nitrogen and oxygen atoms in total. The summed E-state index contributed by atoms with van der Waals surface area (Å²) in [5.74, 6) is 0.00641. The maximum absolute atomic E-state index is 11.9. The van der Waals surface area contributed by atoms with Gasteiger partial charge in [0, 0.05) is 29.8 Å². The Hall–Kier alpha value is -1.07. The molecule has 0 aliphatic rings. The summed E-state index contributed by atoms with van der Waals surface area (Å²) < 4.78 is 0. The first kappa shape index (κ1) is 18.9. The Balaban J connectivity index is 0.00000180. The number of nitrogens with one attached hydrogen (secondary N) is 1. The molecule has 1 heterocycles. The molecule has 1 atom stereocenters. The number of Topliss-reactive ketones (excluding diaryl/α,β-unsaturated/α-hetero) is 1. The minimum atomic E-state index is -0.513. The Kier molecular flexibility index (Phi) is 8.49. The summed E-state index contributed by atoms with van der Waals surface area (Å²) in [5, 5.41) is 0.660. The van der Waals surface area contributed by atoms with Gasteiger partial charge in [-0.2, -0.15) is 0 Å². The molecule has 0 unspecified atom stereocenters. The maximum atomic E-state index is 11.9. The fraction of sp³-hybridized carbons (Fsp3) is 0.231. The van der Waals surface area contributed by atoms with Gasteiger partial charge in [-0.25, -0.2) is 4.98 Å². The fourth-order valence-electron chi connectivity index (χ4n) is 1.68. The van der Waals surface area contributed by atoms with E-state index in [1.165, 1.54) is 0 Å². The van der Waals surface area contributed by atoms with Crippen LogP contribution >= 0.6 is 36.4 Å². The summed E-state index contributed by atoms with van der Waals surface area (Å²) in [6, 6.07) is 6.70. The largest absolute Gasteiger partial charge is 0.348 e. The molecule has 0 saturated heterocycles. The van der Waals surface area contributed by atoms with Crippen LogP contribution in [0.15, 0.2) is 36.8 Å². The van der Waals surface area contributed by atoms with Crippen molar-refractivity contribution in [1.29, 1.82) is 0 Å². The third kappa shape index (κ3) is 5.51. The number of rotatable bonds is 5. The summed E-state index contributed by atoms with van der Waals surface area (Å²) in [6.07, 6.45) is 4.06. The molecule has 0 saturated carbocycles. The highest BCUT2D eigenvalue weighted by molar-refractivity contribution is 6.30. The SMILES string of the molecule is Cl.Cl.N[C@@H](Cc1cnc[nH]1)C(=O)Cc1ccc(Cl)cc1. The molecule has 2 aromatic rings. The predicted molar refractivity (Wildman–Crippen MR) is 84.9 cm³/mol. The summed E-state index contributed by atoms with van der Waals surface area (Å²) >= 11 is 5.78. The van der Waals surface area contributed by atoms with Gasteiger partial charge < -0.3 is 10.7 Å². The van der Waals surface area contributed by atoms with Crippen LogP contribution in [0.5, 0.6) is 0 Å². The standard InChI is InChI=1S/C13H14ClN3O.2ClH/c14-10-3-1-9(2-4-10)5-13(18)12(15)6-11-7-16-8-17-11;;/h1-4,7-8,12H,5-6,15H2,(H,16,17);2*1H/t12-;;/m0../s1. The van der Waals surface area contributed by atoms with Crippen LogP contribution in [0.2, 0.25) is 5.02 Å². The van der Waals surface area contributed by atoms with E-state index in [-0.39, 0.29) is 30.6 Å². The number of ketones is 1. The van der Waals surface area contributed by atoms with Crippen molar-refractivity contribution < 1.29 is 4.79 Å². The Morgan fingerprint density at radius 2 is 1.95 bits per heavy atom. The molecule has 0 aliphatic carbocycles. The molecule has 3 N–H and O–H groups in total. The van der Waals surface area contributed by atoms with Crippen molar-refractivity contribution in [3.8, 4) is 0 Å². The average molecular weight is 337 g/mol. The van der Waals surface area contributed by atoms with E-state index in [1.54, 1.807) is 24.7 Å². The predicted octanol–water partition coefficient (Wildman–Crippen LogP) is 2.59. The highest BCUT2D eigenvalue weighted by Gasteiger charge is 2.15. The van der Waals surface area contributed by atoms with Crippen molar-refractivity contribution in [3.05, 3.63) is 53.1 Å². The lowest BCUT2D eigenvalue weighted by Gasteiger charge is -2.09. The highest BCUT2D eigenvalue weighted by atomic mass is 35.5. The molecule has 20 heavy (non-hydrogen) atoms. The number of H-pyrrole nitrogens is 1. The smallest absolute Gasteiger partial charge is 0.154 e. The van der Waals surface area contributed by atoms with Crippen molar-refractivity contribution in [1.82, 2.24) is 9.97 Å². The first-order valence-corrected chi connectivity index (χ1v) is 6.03. The van der Waals surface area contributed by atoms with E-state index < -0.39 is 6.04 Å². The molecule has 0 spiro atoms. The number of benzene rings is 1. The molecule has 110 valence electrons. The van der Waals surface area contributed by atoms with Gasteiger partial charge in [-0.15, -0.1) is 24.8 Å². The lowest BCUT2D eigenvalue weighted by atomic mass is 10.0. The van der Waals surface area contributed by atoms with Gasteiger partial charge in [0.1, 0.15) is 0 Å². The summed E-state index contributed by atoms with van der Waals surface area (Å²) in [5.41, 5.74) is 7.65. The molecule has 0 aliphatic heterocycles. The molecule has 0 radical (unpaired) electrons. The number of carbonyl (C=O) groups is 1. The molecular formula is C13H16Cl3N3O. The number of carbonyl (C=O) groups excluding carboxylic acids is 1. The summed E-state index contributed by atoms with van der Waals surface area (Å²) in [4.78, 5) is 18.8. The van der Waals surface area contributed by atoms with Gasteiger partial charge in [-0.05, 0) is 17.7 Å². The lowest BCUT2D eigenvalue weighted by Crippen LogP contribution is -2.34. The second-order valence-electron chi connectivity index (χ2n) is 4.16. The normalized spacial score (nSPS) is 11.1. The Labute approximate surface area is 134 Å².